The molecule has 1 aliphatic rings. The first-order valence-electron chi connectivity index (χ1n) is 5.61. The van der Waals surface area contributed by atoms with Gasteiger partial charge < -0.3 is 5.73 Å². The van der Waals surface area contributed by atoms with E-state index in [4.69, 9.17) is 5.73 Å². The maximum absolute atomic E-state index is 12.0. The van der Waals surface area contributed by atoms with Crippen molar-refractivity contribution in [2.75, 3.05) is 13.1 Å². The quantitative estimate of drug-likeness (QED) is 0.746. The zero-order valence-corrected chi connectivity index (χ0v) is 11.1. The molecule has 0 radical (unpaired) electrons. The Hall–Kier alpha value is -1.57. The molecule has 3 N–H and O–H groups in total. The Bertz CT molecular complexity index is 397. The third-order valence-electron chi connectivity index (χ3n) is 2.26. The van der Waals surface area contributed by atoms with Crippen molar-refractivity contribution in [3.05, 3.63) is 0 Å². The molecule has 0 spiro atoms. The summed E-state index contributed by atoms with van der Waals surface area (Å²) in [5.74, 6) is -0.712. The Balaban J connectivity index is 2.69. The molecule has 0 aromatic heterocycles. The summed E-state index contributed by atoms with van der Waals surface area (Å²) in [6, 6.07) is -0.912. The Kier molecular flexibility index (Phi) is 5.14. The lowest BCUT2D eigenvalue weighted by Crippen LogP contribution is -2.38. The van der Waals surface area contributed by atoms with Gasteiger partial charge in [0, 0.05) is 19.5 Å². The van der Waals surface area contributed by atoms with Crippen LogP contribution in [-0.4, -0.2) is 46.3 Å². The van der Waals surface area contributed by atoms with Gasteiger partial charge >= 0.3 is 6.03 Å². The molecule has 1 atom stereocenters. The number of primary amides is 1. The van der Waals surface area contributed by atoms with Crippen LogP contribution in [0.5, 0.6) is 0 Å². The fraction of sp³-hybridized carbons (Fsp3) is 0.600. The minimum Gasteiger partial charge on any atom is -0.351 e. The molecule has 0 bridgehead atoms. The highest BCUT2D eigenvalue weighted by atomic mass is 32.2. The van der Waals surface area contributed by atoms with Crippen molar-refractivity contribution in [1.82, 2.24) is 10.2 Å². The van der Waals surface area contributed by atoms with E-state index in [2.05, 4.69) is 4.99 Å². The van der Waals surface area contributed by atoms with Crippen molar-refractivity contribution >= 4 is 34.8 Å². The van der Waals surface area contributed by atoms with E-state index in [1.165, 1.54) is 16.7 Å². The van der Waals surface area contributed by atoms with Crippen LogP contribution in [0.2, 0.25) is 0 Å². The molecule has 0 aromatic carbocycles. The van der Waals surface area contributed by atoms with Crippen LogP contribution in [0.15, 0.2) is 4.99 Å². The van der Waals surface area contributed by atoms with Gasteiger partial charge in [0.05, 0.1) is 0 Å². The molecule has 0 aromatic rings. The van der Waals surface area contributed by atoms with E-state index < -0.39 is 17.2 Å². The van der Waals surface area contributed by atoms with Gasteiger partial charge in [-0.3, -0.25) is 24.8 Å². The molecule has 1 rings (SSSR count). The minimum absolute atomic E-state index is 0.0777. The molecule has 0 unspecified atom stereocenters. The largest absolute Gasteiger partial charge is 0.351 e. The van der Waals surface area contributed by atoms with Crippen molar-refractivity contribution < 1.29 is 14.4 Å². The molecule has 1 fully saturated rings. The van der Waals surface area contributed by atoms with E-state index in [0.717, 1.165) is 0 Å². The van der Waals surface area contributed by atoms with Crippen molar-refractivity contribution in [2.45, 2.75) is 25.5 Å². The fourth-order valence-electron chi connectivity index (χ4n) is 1.54. The maximum atomic E-state index is 12.0. The summed E-state index contributed by atoms with van der Waals surface area (Å²) in [7, 11) is 0. The molecule has 1 aliphatic heterocycles. The second-order valence-electron chi connectivity index (χ2n) is 3.56. The van der Waals surface area contributed by atoms with Gasteiger partial charge in [-0.05, 0) is 13.8 Å². The molecule has 0 saturated carbocycles. The summed E-state index contributed by atoms with van der Waals surface area (Å²) < 4.78 is 0. The van der Waals surface area contributed by atoms with Crippen LogP contribution in [0.25, 0.3) is 0 Å². The monoisotopic (exact) mass is 272 g/mol. The van der Waals surface area contributed by atoms with E-state index in [1.54, 1.807) is 0 Å². The highest BCUT2D eigenvalue weighted by Crippen LogP contribution is 2.29. The molecule has 0 aliphatic carbocycles. The van der Waals surface area contributed by atoms with E-state index in [-0.39, 0.29) is 12.3 Å². The third-order valence-corrected chi connectivity index (χ3v) is 3.48. The maximum Gasteiger partial charge on any atom is 0.318 e. The molecule has 18 heavy (non-hydrogen) atoms. The van der Waals surface area contributed by atoms with Crippen LogP contribution in [0.4, 0.5) is 4.79 Å². The molecule has 100 valence electrons. The summed E-state index contributed by atoms with van der Waals surface area (Å²) in [5.41, 5.74) is 4.83. The number of amidine groups is 1. The number of hydrogen-bond acceptors (Lipinski definition) is 5. The first-order chi connectivity index (χ1) is 8.49. The number of thioether (sulfide) groups is 1. The van der Waals surface area contributed by atoms with E-state index >= 15 is 0 Å². The van der Waals surface area contributed by atoms with Crippen LogP contribution >= 0.6 is 11.8 Å². The third kappa shape index (κ3) is 3.46. The summed E-state index contributed by atoms with van der Waals surface area (Å²) in [4.78, 5) is 39.6. The molecule has 7 nitrogen and oxygen atoms in total. The van der Waals surface area contributed by atoms with E-state index in [0.29, 0.717) is 18.3 Å². The number of urea groups is 1. The molecule has 4 amide bonds. The molecular formula is C10H16N4O3S. The average Bonchev–Trinajstić information content (AvgIpc) is 2.54. The topological polar surface area (TPSA) is 105 Å². The fourth-order valence-corrected chi connectivity index (χ4v) is 2.81. The summed E-state index contributed by atoms with van der Waals surface area (Å²) >= 11 is 1.24. The van der Waals surface area contributed by atoms with Gasteiger partial charge in [-0.2, -0.15) is 0 Å². The minimum atomic E-state index is -0.912. The van der Waals surface area contributed by atoms with Gasteiger partial charge in [0.1, 0.15) is 5.25 Å². The predicted molar refractivity (Wildman–Crippen MR) is 69.1 cm³/mol. The van der Waals surface area contributed by atoms with Gasteiger partial charge in [0.25, 0.3) is 0 Å². The van der Waals surface area contributed by atoms with Gasteiger partial charge in [-0.25, -0.2) is 4.79 Å². The van der Waals surface area contributed by atoms with Gasteiger partial charge in [-0.1, -0.05) is 11.8 Å². The van der Waals surface area contributed by atoms with Crippen LogP contribution in [0.3, 0.4) is 0 Å². The smallest absolute Gasteiger partial charge is 0.318 e. The Morgan fingerprint density at radius 1 is 1.50 bits per heavy atom. The van der Waals surface area contributed by atoms with Crippen LogP contribution in [-0.2, 0) is 9.59 Å². The van der Waals surface area contributed by atoms with E-state index in [9.17, 15) is 14.4 Å². The highest BCUT2D eigenvalue weighted by molar-refractivity contribution is 8.15. The average molecular weight is 272 g/mol. The first-order valence-corrected chi connectivity index (χ1v) is 6.49. The van der Waals surface area contributed by atoms with Crippen molar-refractivity contribution in [3.63, 3.8) is 0 Å². The standard InChI is InChI=1S/C10H16N4O3S/c1-3-12-10-14(4-2)8(16)6(18-10)5-7(15)13-9(11)17/h6H,3-5H2,1-2H3,(H3,11,13,15,17)/t6-/m1/s1. The molecular weight excluding hydrogens is 256 g/mol. The number of aliphatic imine (C=N–C) groups is 1. The van der Waals surface area contributed by atoms with Crippen LogP contribution in [0.1, 0.15) is 20.3 Å². The molecule has 8 heteroatoms. The SMILES string of the molecule is CCN=C1S[C@H](CC(=O)NC(N)=O)C(=O)N1CC. The second kappa shape index (κ2) is 6.39. The number of nitrogens with zero attached hydrogens (tertiary/aromatic N) is 2. The number of nitrogens with two attached hydrogens (primary N) is 1. The normalized spacial score (nSPS) is 21.4. The van der Waals surface area contributed by atoms with Crippen molar-refractivity contribution in [3.8, 4) is 0 Å². The van der Waals surface area contributed by atoms with Crippen LogP contribution < -0.4 is 11.1 Å². The number of imide groups is 1. The molecule has 1 saturated heterocycles. The first kappa shape index (κ1) is 14.5. The highest BCUT2D eigenvalue weighted by Gasteiger charge is 2.38. The number of amides is 4. The van der Waals surface area contributed by atoms with E-state index in [1.807, 2.05) is 19.2 Å². The predicted octanol–water partition coefficient (Wildman–Crippen LogP) is -0.0888. The lowest BCUT2D eigenvalue weighted by molar-refractivity contribution is -0.129. The number of nitrogens with one attached hydrogen (secondary N) is 1. The number of carbonyl (C=O) groups excluding carboxylic acids is 3. The molecule has 1 heterocycles. The van der Waals surface area contributed by atoms with Crippen LogP contribution in [0, 0.1) is 0 Å². The number of hydrogen-bond donors (Lipinski definition) is 2. The zero-order chi connectivity index (χ0) is 13.7. The number of rotatable bonds is 4. The van der Waals surface area contributed by atoms with Crippen molar-refractivity contribution in [1.29, 1.82) is 0 Å². The van der Waals surface area contributed by atoms with Gasteiger partial charge in [0.15, 0.2) is 5.17 Å². The Morgan fingerprint density at radius 3 is 2.67 bits per heavy atom. The lowest BCUT2D eigenvalue weighted by Gasteiger charge is -2.12. The lowest BCUT2D eigenvalue weighted by atomic mass is 10.2. The van der Waals surface area contributed by atoms with Gasteiger partial charge in [0.2, 0.25) is 11.8 Å². The summed E-state index contributed by atoms with van der Waals surface area (Å²) in [6.07, 6.45) is -0.0777. The Labute approximate surface area is 109 Å². The summed E-state index contributed by atoms with van der Waals surface area (Å²) in [6.45, 7) is 4.80. The second-order valence-corrected chi connectivity index (χ2v) is 4.73. The Morgan fingerprint density at radius 2 is 2.17 bits per heavy atom. The number of carbonyl (C=O) groups is 3. The zero-order valence-electron chi connectivity index (χ0n) is 10.3. The summed E-state index contributed by atoms with van der Waals surface area (Å²) in [5, 5.41) is 2.04. The van der Waals surface area contributed by atoms with Crippen molar-refractivity contribution in [2.24, 2.45) is 10.7 Å². The van der Waals surface area contributed by atoms with Gasteiger partial charge in [-0.15, -0.1) is 0 Å².